The van der Waals surface area contributed by atoms with E-state index in [4.69, 9.17) is 12.3 Å². The van der Waals surface area contributed by atoms with E-state index in [0.29, 0.717) is 11.3 Å². The van der Waals surface area contributed by atoms with Crippen molar-refractivity contribution in [1.29, 1.82) is 0 Å². The Kier molecular flexibility index (Phi) is 1.07. The maximum atomic E-state index is 8.32. The third-order valence-electron chi connectivity index (χ3n) is 4.11. The van der Waals surface area contributed by atoms with E-state index in [1.807, 2.05) is 0 Å². The summed E-state index contributed by atoms with van der Waals surface area (Å²) in [6.45, 7) is -6.13. The Labute approximate surface area is 128 Å². The molecule has 0 spiro atoms. The topological polar surface area (TPSA) is 8.81 Å². The van der Waals surface area contributed by atoms with Crippen LogP contribution in [-0.2, 0) is 17.9 Å². The Hall–Kier alpha value is -1.57. The fraction of sp³-hybridized carbons (Fsp3) is 0.471. The molecule has 0 saturated carbocycles. The molecular formula is C17H23N2+. The molecule has 1 aliphatic heterocycles. The van der Waals surface area contributed by atoms with E-state index in [0.717, 1.165) is 0 Å². The van der Waals surface area contributed by atoms with Crippen molar-refractivity contribution >= 4 is 0 Å². The number of nitrogens with zero attached hydrogens (tertiary/aromatic N) is 2. The summed E-state index contributed by atoms with van der Waals surface area (Å²) < 4.78 is 78.1. The molecule has 1 aromatic heterocycles. The largest absolute Gasteiger partial charge is 0.196 e. The van der Waals surface area contributed by atoms with E-state index in [1.54, 1.807) is 41.7 Å². The van der Waals surface area contributed by atoms with Gasteiger partial charge in [-0.2, -0.15) is 0 Å². The maximum absolute atomic E-state index is 8.32. The van der Waals surface area contributed by atoms with Crippen molar-refractivity contribution in [2.45, 2.75) is 45.2 Å². The zero-order valence-electron chi connectivity index (χ0n) is 20.3. The molecule has 0 bridgehead atoms. The lowest BCUT2D eigenvalue weighted by atomic mass is 9.60. The average Bonchev–Trinajstić information content (AvgIpc) is 2.86. The zero-order chi connectivity index (χ0) is 21.5. The molecular weight excluding hydrogens is 232 g/mol. The van der Waals surface area contributed by atoms with Crippen LogP contribution in [0.2, 0.25) is 0 Å². The van der Waals surface area contributed by atoms with E-state index >= 15 is 0 Å². The van der Waals surface area contributed by atoms with Crippen LogP contribution in [0.15, 0.2) is 30.5 Å². The van der Waals surface area contributed by atoms with Gasteiger partial charge in [0.2, 0.25) is 0 Å². The maximum Gasteiger partial charge on any atom is 0.196 e. The molecule has 1 unspecified atom stereocenters. The predicted octanol–water partition coefficient (Wildman–Crippen LogP) is 3.18. The number of hydrogen-bond donors (Lipinski definition) is 0. The van der Waals surface area contributed by atoms with Gasteiger partial charge in [-0.25, -0.2) is 0 Å². The second-order valence-corrected chi connectivity index (χ2v) is 5.43. The number of fused-ring (bicyclic) bond motifs is 3. The summed E-state index contributed by atoms with van der Waals surface area (Å²) in [5.41, 5.74) is -3.61. The van der Waals surface area contributed by atoms with Crippen LogP contribution < -0.4 is 4.68 Å². The Morgan fingerprint density at radius 1 is 1.16 bits per heavy atom. The van der Waals surface area contributed by atoms with Crippen molar-refractivity contribution in [3.05, 3.63) is 47.3 Å². The van der Waals surface area contributed by atoms with Crippen LogP contribution in [0, 0.1) is 6.92 Å². The minimum atomic E-state index is -3.11. The molecule has 2 aromatic rings. The molecule has 19 heavy (non-hydrogen) atoms. The summed E-state index contributed by atoms with van der Waals surface area (Å²) in [6, 6.07) is 6.28. The van der Waals surface area contributed by atoms with Gasteiger partial charge in [-0.05, 0) is 18.1 Å². The first-order chi connectivity index (χ1) is 12.5. The highest BCUT2D eigenvalue weighted by atomic mass is 15.4. The van der Waals surface area contributed by atoms with Crippen LogP contribution >= 0.6 is 0 Å². The fourth-order valence-corrected chi connectivity index (χ4v) is 2.85. The minimum absolute atomic E-state index is 0.00502. The lowest BCUT2D eigenvalue weighted by Gasteiger charge is -2.46. The van der Waals surface area contributed by atoms with Gasteiger partial charge in [0.25, 0.3) is 0 Å². The average molecular weight is 264 g/mol. The Morgan fingerprint density at radius 2 is 1.89 bits per heavy atom. The minimum Gasteiger partial charge on any atom is -0.124 e. The third-order valence-corrected chi connectivity index (χ3v) is 4.11. The molecule has 2 nitrogen and oxygen atoms in total. The summed E-state index contributed by atoms with van der Waals surface area (Å²) in [5.74, 6) is 0. The highest BCUT2D eigenvalue weighted by Crippen LogP contribution is 2.49. The van der Waals surface area contributed by atoms with E-state index in [-0.39, 0.29) is 11.3 Å². The molecule has 0 fully saturated rings. The zero-order valence-corrected chi connectivity index (χ0v) is 11.3. The number of aryl methyl sites for hydroxylation is 2. The number of benzene rings is 1. The van der Waals surface area contributed by atoms with Crippen LogP contribution in [0.4, 0.5) is 0 Å². The Balaban J connectivity index is 2.71. The molecule has 0 N–H and O–H groups in total. The van der Waals surface area contributed by atoms with Crippen molar-refractivity contribution in [2.24, 2.45) is 7.05 Å². The standard InChI is InChI=1S/C17H23N2/c1-12-8-7-9-13-15(12)19-14(10-11-18(19)6)17(4,5)16(13,2)3/h7-11H,1-6H3/q+1/i2D3,3D3,4D3. The molecule has 0 amide bonds. The summed E-state index contributed by atoms with van der Waals surface area (Å²) in [4.78, 5) is 0. The molecule has 1 atom stereocenters. The Morgan fingerprint density at radius 3 is 2.58 bits per heavy atom. The molecule has 1 aliphatic rings. The fourth-order valence-electron chi connectivity index (χ4n) is 2.85. The first-order valence-corrected chi connectivity index (χ1v) is 6.22. The molecule has 100 valence electrons. The number of aromatic nitrogens is 2. The molecule has 2 heteroatoms. The van der Waals surface area contributed by atoms with Gasteiger partial charge in [0.05, 0.1) is 5.69 Å². The van der Waals surface area contributed by atoms with Crippen LogP contribution in [0.3, 0.4) is 0 Å². The van der Waals surface area contributed by atoms with Gasteiger partial charge in [0, 0.05) is 29.2 Å². The number of rotatable bonds is 0. The first-order valence-electron chi connectivity index (χ1n) is 10.7. The highest BCUT2D eigenvalue weighted by molar-refractivity contribution is 5.56. The van der Waals surface area contributed by atoms with E-state index in [1.165, 1.54) is 19.1 Å². The number of para-hydroxylation sites is 1. The predicted molar refractivity (Wildman–Crippen MR) is 77.7 cm³/mol. The van der Waals surface area contributed by atoms with Gasteiger partial charge in [-0.1, -0.05) is 45.7 Å². The van der Waals surface area contributed by atoms with Crippen molar-refractivity contribution in [1.82, 2.24) is 4.68 Å². The van der Waals surface area contributed by atoms with Crippen LogP contribution in [0.5, 0.6) is 0 Å². The highest BCUT2D eigenvalue weighted by Gasteiger charge is 2.49. The van der Waals surface area contributed by atoms with Gasteiger partial charge in [0.1, 0.15) is 5.69 Å². The van der Waals surface area contributed by atoms with Crippen molar-refractivity contribution in [2.75, 3.05) is 0 Å². The first kappa shape index (κ1) is 5.82. The molecule has 3 rings (SSSR count). The third kappa shape index (κ3) is 1.35. The molecule has 0 aliphatic carbocycles. The quantitative estimate of drug-likeness (QED) is 0.646. The van der Waals surface area contributed by atoms with Gasteiger partial charge in [0.15, 0.2) is 13.2 Å². The Bertz CT molecular complexity index is 920. The van der Waals surface area contributed by atoms with Crippen LogP contribution in [0.25, 0.3) is 5.69 Å². The van der Waals surface area contributed by atoms with E-state index in [9.17, 15) is 0 Å². The summed E-state index contributed by atoms with van der Waals surface area (Å²) in [6.07, 6.45) is 1.62. The summed E-state index contributed by atoms with van der Waals surface area (Å²) in [5, 5.41) is 0. The monoisotopic (exact) mass is 264 g/mol. The summed E-state index contributed by atoms with van der Waals surface area (Å²) >= 11 is 0. The van der Waals surface area contributed by atoms with Crippen molar-refractivity contribution < 1.29 is 17.0 Å². The lowest BCUT2D eigenvalue weighted by molar-refractivity contribution is -0.745. The molecule has 2 heterocycles. The lowest BCUT2D eigenvalue weighted by Crippen LogP contribution is -2.51. The SMILES string of the molecule is [2H]C([2H])([2H])C1(C)c2cc[n+](C)n2-c2c(C)cccc2C1(C([2H])([2H])[2H])C([2H])([2H])[2H]. The van der Waals surface area contributed by atoms with Gasteiger partial charge in [-0.3, -0.25) is 0 Å². The van der Waals surface area contributed by atoms with E-state index in [2.05, 4.69) is 0 Å². The van der Waals surface area contributed by atoms with Crippen LogP contribution in [-0.4, -0.2) is 4.68 Å². The van der Waals surface area contributed by atoms with Gasteiger partial charge < -0.3 is 0 Å². The smallest absolute Gasteiger partial charge is 0.124 e. The summed E-state index contributed by atoms with van der Waals surface area (Å²) in [7, 11) is 1.71. The van der Waals surface area contributed by atoms with Crippen molar-refractivity contribution in [3.8, 4) is 5.69 Å². The molecule has 1 aromatic carbocycles. The number of hydrogen-bond acceptors (Lipinski definition) is 0. The second-order valence-electron chi connectivity index (χ2n) is 5.43. The van der Waals surface area contributed by atoms with Crippen LogP contribution in [0.1, 0.15) is 56.6 Å². The second kappa shape index (κ2) is 3.50. The molecule has 0 radical (unpaired) electrons. The van der Waals surface area contributed by atoms with Crippen molar-refractivity contribution in [3.63, 3.8) is 0 Å². The normalized spacial score (nSPS) is 32.9. The van der Waals surface area contributed by atoms with E-state index < -0.39 is 31.4 Å². The van der Waals surface area contributed by atoms with Gasteiger partial charge >= 0.3 is 0 Å². The molecule has 0 saturated heterocycles. The van der Waals surface area contributed by atoms with Gasteiger partial charge in [-0.15, -0.1) is 9.36 Å².